The number of benzene rings is 2. The van der Waals surface area contributed by atoms with Gasteiger partial charge in [0.15, 0.2) is 11.6 Å². The maximum absolute atomic E-state index is 12.0. The van der Waals surface area contributed by atoms with Crippen LogP contribution in [0.25, 0.3) is 33.6 Å². The number of nitrogens with one attached hydrogen (secondary N) is 1. The number of aliphatic hydroxyl groups excluding tert-OH is 1. The van der Waals surface area contributed by atoms with Crippen LogP contribution in [0.5, 0.6) is 0 Å². The smallest absolute Gasteiger partial charge is 0.331 e. The highest BCUT2D eigenvalue weighted by Crippen LogP contribution is 2.19. The molecule has 2 N–H and O–H groups in total. The van der Waals surface area contributed by atoms with Crippen LogP contribution in [0.15, 0.2) is 72.5 Å². The van der Waals surface area contributed by atoms with Crippen molar-refractivity contribution in [3.05, 3.63) is 84.0 Å². The number of aromatic amines is 1. The molecule has 4 aromatic rings. The summed E-state index contributed by atoms with van der Waals surface area (Å²) in [4.78, 5) is 23.7. The minimum atomic E-state index is -0.668. The number of hydrogen-bond donors (Lipinski definition) is 2. The van der Waals surface area contributed by atoms with Gasteiger partial charge in [0.25, 0.3) is 0 Å². The van der Waals surface area contributed by atoms with Gasteiger partial charge in [-0.15, -0.1) is 0 Å². The van der Waals surface area contributed by atoms with Gasteiger partial charge < -0.3 is 14.8 Å². The molecule has 0 atom stereocenters. The third-order valence-electron chi connectivity index (χ3n) is 4.39. The number of imidazole rings is 1. The van der Waals surface area contributed by atoms with Crippen molar-refractivity contribution < 1.29 is 14.6 Å². The number of H-pyrrole nitrogens is 1. The fraction of sp³-hybridized carbons (Fsp3) is 0.0435. The first-order valence-corrected chi connectivity index (χ1v) is 9.12. The maximum atomic E-state index is 12.0. The van der Waals surface area contributed by atoms with Crippen LogP contribution in [-0.4, -0.2) is 32.6 Å². The molecule has 0 saturated heterocycles. The number of nitrogens with zero attached hydrogens (tertiary/aromatic N) is 3. The van der Waals surface area contributed by atoms with E-state index in [2.05, 4.69) is 15.0 Å². The number of aromatic nitrogens is 3. The quantitative estimate of drug-likeness (QED) is 0.227. The molecular weight excluding hydrogens is 380 g/mol. The second-order valence-electron chi connectivity index (χ2n) is 6.41. The Kier molecular flexibility index (Phi) is 5.22. The summed E-state index contributed by atoms with van der Waals surface area (Å²) in [5, 5.41) is 20.6. The lowest BCUT2D eigenvalue weighted by Gasteiger charge is -2.03. The molecule has 0 aliphatic rings. The van der Waals surface area contributed by atoms with Crippen LogP contribution in [0.4, 0.5) is 0 Å². The largest absolute Gasteiger partial charge is 0.507 e. The summed E-state index contributed by atoms with van der Waals surface area (Å²) in [5.41, 5.74) is 2.73. The topological polar surface area (TPSA) is 112 Å². The third-order valence-corrected chi connectivity index (χ3v) is 4.39. The van der Waals surface area contributed by atoms with Gasteiger partial charge in [0.1, 0.15) is 18.2 Å². The molecule has 0 aliphatic carbocycles. The zero-order valence-corrected chi connectivity index (χ0v) is 15.7. The molecule has 2 heterocycles. The molecule has 0 saturated carbocycles. The number of allylic oxidation sites excluding steroid dienone is 1. The van der Waals surface area contributed by atoms with Gasteiger partial charge >= 0.3 is 5.97 Å². The zero-order chi connectivity index (χ0) is 20.9. The number of rotatable bonds is 5. The molecule has 0 radical (unpaired) electrons. The number of carbonyl (C=O) groups is 1. The summed E-state index contributed by atoms with van der Waals surface area (Å²) in [6, 6.07) is 20.5. The SMILES string of the molecule is N#C/C(=C(\O)COC(=O)/C=C/c1ccc2ccccc2n1)c1nc2ccccc2[nH]1. The maximum Gasteiger partial charge on any atom is 0.331 e. The first-order valence-electron chi connectivity index (χ1n) is 9.12. The molecule has 0 bridgehead atoms. The molecule has 0 aliphatic heterocycles. The van der Waals surface area contributed by atoms with Crippen molar-refractivity contribution in [1.82, 2.24) is 15.0 Å². The Morgan fingerprint density at radius 2 is 1.83 bits per heavy atom. The molecule has 2 aromatic carbocycles. The van der Waals surface area contributed by atoms with Gasteiger partial charge in [-0.05, 0) is 30.3 Å². The van der Waals surface area contributed by atoms with E-state index in [-0.39, 0.29) is 17.2 Å². The van der Waals surface area contributed by atoms with Crippen LogP contribution >= 0.6 is 0 Å². The predicted octanol–water partition coefficient (Wildman–Crippen LogP) is 4.16. The molecule has 0 unspecified atom stereocenters. The zero-order valence-electron chi connectivity index (χ0n) is 15.7. The van der Waals surface area contributed by atoms with E-state index in [1.807, 2.05) is 54.6 Å². The Labute approximate surface area is 171 Å². The highest BCUT2D eigenvalue weighted by molar-refractivity contribution is 5.88. The Hall–Kier alpha value is -4.44. The summed E-state index contributed by atoms with van der Waals surface area (Å²) in [6.45, 7) is -0.450. The molecular formula is C23H16N4O3. The van der Waals surface area contributed by atoms with E-state index in [4.69, 9.17) is 4.74 Å². The van der Waals surface area contributed by atoms with Crippen LogP contribution in [0.1, 0.15) is 11.5 Å². The van der Waals surface area contributed by atoms with Crippen LogP contribution < -0.4 is 0 Å². The van der Waals surface area contributed by atoms with Crippen molar-refractivity contribution >= 4 is 39.6 Å². The van der Waals surface area contributed by atoms with E-state index in [9.17, 15) is 15.2 Å². The number of carbonyl (C=O) groups excluding carboxylic acids is 1. The molecule has 146 valence electrons. The fourth-order valence-corrected chi connectivity index (χ4v) is 2.91. The lowest BCUT2D eigenvalue weighted by atomic mass is 10.2. The molecule has 30 heavy (non-hydrogen) atoms. The molecule has 0 fully saturated rings. The van der Waals surface area contributed by atoms with Gasteiger partial charge in [-0.2, -0.15) is 5.26 Å². The highest BCUT2D eigenvalue weighted by atomic mass is 16.5. The van der Waals surface area contributed by atoms with Gasteiger partial charge in [0, 0.05) is 11.5 Å². The number of hydrogen-bond acceptors (Lipinski definition) is 6. The van der Waals surface area contributed by atoms with E-state index in [1.165, 1.54) is 12.2 Å². The van der Waals surface area contributed by atoms with Crippen LogP contribution in [-0.2, 0) is 9.53 Å². The average Bonchev–Trinajstić information content (AvgIpc) is 3.20. The fourth-order valence-electron chi connectivity index (χ4n) is 2.91. The second kappa shape index (κ2) is 8.29. The standard InChI is InChI=1S/C23H16N4O3/c24-13-17(23-26-19-7-3-4-8-20(19)27-23)21(28)14-30-22(29)12-11-16-10-9-15-5-1-2-6-18(15)25-16/h1-12,28H,14H2,(H,26,27)/b12-11+,21-17+. The van der Waals surface area contributed by atoms with Gasteiger partial charge in [0.2, 0.25) is 0 Å². The monoisotopic (exact) mass is 396 g/mol. The van der Waals surface area contributed by atoms with E-state index >= 15 is 0 Å². The van der Waals surface area contributed by atoms with Crippen molar-refractivity contribution in [1.29, 1.82) is 5.26 Å². The minimum Gasteiger partial charge on any atom is -0.507 e. The van der Waals surface area contributed by atoms with Crippen molar-refractivity contribution in [2.24, 2.45) is 0 Å². The predicted molar refractivity (Wildman–Crippen MR) is 113 cm³/mol. The van der Waals surface area contributed by atoms with Gasteiger partial charge in [-0.3, -0.25) is 0 Å². The highest BCUT2D eigenvalue weighted by Gasteiger charge is 2.14. The van der Waals surface area contributed by atoms with E-state index in [0.717, 1.165) is 16.4 Å². The van der Waals surface area contributed by atoms with Crippen molar-refractivity contribution in [2.75, 3.05) is 6.61 Å². The molecule has 0 amide bonds. The number of nitriles is 1. The molecule has 7 nitrogen and oxygen atoms in total. The second-order valence-corrected chi connectivity index (χ2v) is 6.41. The van der Waals surface area contributed by atoms with Crippen LogP contribution in [0.3, 0.4) is 0 Å². The Morgan fingerprint density at radius 3 is 2.63 bits per heavy atom. The van der Waals surface area contributed by atoms with Crippen LogP contribution in [0.2, 0.25) is 0 Å². The average molecular weight is 396 g/mol. The first kappa shape index (κ1) is 18.9. The van der Waals surface area contributed by atoms with Gasteiger partial charge in [-0.25, -0.2) is 14.8 Å². The molecule has 7 heteroatoms. The Balaban J connectivity index is 1.44. The summed E-state index contributed by atoms with van der Waals surface area (Å²) in [5.74, 6) is -0.844. The van der Waals surface area contributed by atoms with Crippen molar-refractivity contribution in [3.8, 4) is 6.07 Å². The number of esters is 1. The molecule has 0 spiro atoms. The van der Waals surface area contributed by atoms with Gasteiger partial charge in [-0.1, -0.05) is 36.4 Å². The molecule has 2 aromatic heterocycles. The third kappa shape index (κ3) is 4.03. The van der Waals surface area contributed by atoms with E-state index in [0.29, 0.717) is 11.2 Å². The Bertz CT molecular complexity index is 1310. The van der Waals surface area contributed by atoms with Crippen molar-refractivity contribution in [2.45, 2.75) is 0 Å². The minimum absolute atomic E-state index is 0.0841. The summed E-state index contributed by atoms with van der Waals surface area (Å²) < 4.78 is 5.04. The lowest BCUT2D eigenvalue weighted by molar-refractivity contribution is -0.137. The summed E-state index contributed by atoms with van der Waals surface area (Å²) in [7, 11) is 0. The normalized spacial score (nSPS) is 12.1. The van der Waals surface area contributed by atoms with Crippen molar-refractivity contribution in [3.63, 3.8) is 0 Å². The van der Waals surface area contributed by atoms with Crippen LogP contribution in [0, 0.1) is 11.3 Å². The first-order chi connectivity index (χ1) is 14.6. The summed E-state index contributed by atoms with van der Waals surface area (Å²) in [6.07, 6.45) is 2.75. The summed E-state index contributed by atoms with van der Waals surface area (Å²) >= 11 is 0. The number of para-hydroxylation sites is 3. The van der Waals surface area contributed by atoms with E-state index in [1.54, 1.807) is 12.1 Å². The Morgan fingerprint density at radius 1 is 1.07 bits per heavy atom. The molecule has 4 rings (SSSR count). The van der Waals surface area contributed by atoms with E-state index < -0.39 is 12.6 Å². The lowest BCUT2D eigenvalue weighted by Crippen LogP contribution is -2.06. The van der Waals surface area contributed by atoms with Gasteiger partial charge in [0.05, 0.1) is 22.2 Å². The number of ether oxygens (including phenoxy) is 1. The number of pyridine rings is 1. The number of fused-ring (bicyclic) bond motifs is 2. The number of aliphatic hydroxyl groups is 1.